The number of sulfonamides is 1. The van der Waals surface area contributed by atoms with Gasteiger partial charge in [0.15, 0.2) is 5.75 Å². The summed E-state index contributed by atoms with van der Waals surface area (Å²) in [6.07, 6.45) is 0. The van der Waals surface area contributed by atoms with E-state index in [0.717, 1.165) is 5.56 Å². The Hall–Kier alpha value is -1.80. The fraction of sp³-hybridized carbons (Fsp3) is 0.316. The predicted molar refractivity (Wildman–Crippen MR) is 112 cm³/mol. The van der Waals surface area contributed by atoms with Gasteiger partial charge in [-0.2, -0.15) is 0 Å². The second-order valence-corrected chi connectivity index (χ2v) is 9.07. The van der Waals surface area contributed by atoms with Crippen molar-refractivity contribution in [2.45, 2.75) is 32.2 Å². The summed E-state index contributed by atoms with van der Waals surface area (Å²) in [5.74, 6) is -0.114. The summed E-state index contributed by atoms with van der Waals surface area (Å²) in [4.78, 5) is 12.3. The van der Waals surface area contributed by atoms with Crippen molar-refractivity contribution >= 4 is 39.1 Å². The van der Waals surface area contributed by atoms with Crippen LogP contribution in [0.3, 0.4) is 0 Å². The van der Waals surface area contributed by atoms with Gasteiger partial charge in [-0.25, -0.2) is 13.1 Å². The second kappa shape index (κ2) is 9.60. The largest absolute Gasteiger partial charge is 0.494 e. The van der Waals surface area contributed by atoms with E-state index in [-0.39, 0.29) is 34.3 Å². The minimum Gasteiger partial charge on any atom is -0.494 e. The Bertz CT molecular complexity index is 922. The average molecular weight is 445 g/mol. The van der Waals surface area contributed by atoms with Crippen molar-refractivity contribution in [1.82, 2.24) is 10.0 Å². The zero-order valence-electron chi connectivity index (χ0n) is 15.8. The molecule has 2 rings (SSSR count). The molecule has 0 saturated heterocycles. The van der Waals surface area contributed by atoms with Crippen molar-refractivity contribution in [3.8, 4) is 5.75 Å². The normalized spacial score (nSPS) is 11.5. The highest BCUT2D eigenvalue weighted by atomic mass is 35.5. The van der Waals surface area contributed by atoms with Gasteiger partial charge in [0, 0.05) is 18.2 Å². The number of carbonyl (C=O) groups is 1. The second-order valence-electron chi connectivity index (χ2n) is 6.50. The molecule has 2 aromatic rings. The monoisotopic (exact) mass is 444 g/mol. The molecule has 0 heterocycles. The van der Waals surface area contributed by atoms with E-state index in [1.807, 2.05) is 0 Å². The number of hydrogen-bond donors (Lipinski definition) is 2. The average Bonchev–Trinajstić information content (AvgIpc) is 2.59. The van der Waals surface area contributed by atoms with Crippen LogP contribution in [-0.2, 0) is 22.3 Å². The topological polar surface area (TPSA) is 84.5 Å². The Labute approximate surface area is 175 Å². The molecule has 0 aromatic heterocycles. The molecular formula is C19H22Cl2N2O4S. The van der Waals surface area contributed by atoms with E-state index in [9.17, 15) is 13.2 Å². The van der Waals surface area contributed by atoms with E-state index in [1.165, 1.54) is 19.2 Å². The quantitative estimate of drug-likeness (QED) is 0.648. The molecule has 0 atom stereocenters. The van der Waals surface area contributed by atoms with Crippen molar-refractivity contribution in [1.29, 1.82) is 0 Å². The van der Waals surface area contributed by atoms with Crippen LogP contribution in [-0.4, -0.2) is 27.5 Å². The van der Waals surface area contributed by atoms with Gasteiger partial charge in [-0.15, -0.1) is 0 Å². The summed E-state index contributed by atoms with van der Waals surface area (Å²) in [5.41, 5.74) is 1.81. The summed E-state index contributed by atoms with van der Waals surface area (Å²) in [6, 6.07) is 9.81. The van der Waals surface area contributed by atoms with Gasteiger partial charge in [0.1, 0.15) is 0 Å². The maximum atomic E-state index is 12.3. The van der Waals surface area contributed by atoms with E-state index < -0.39 is 10.0 Å². The highest BCUT2D eigenvalue weighted by Crippen LogP contribution is 2.33. The fourth-order valence-electron chi connectivity index (χ4n) is 2.54. The third-order valence-electron chi connectivity index (χ3n) is 3.71. The molecule has 2 aromatic carbocycles. The van der Waals surface area contributed by atoms with Crippen molar-refractivity contribution < 1.29 is 17.9 Å². The first-order valence-electron chi connectivity index (χ1n) is 8.50. The lowest BCUT2D eigenvalue weighted by atomic mass is 10.1. The van der Waals surface area contributed by atoms with E-state index in [2.05, 4.69) is 10.0 Å². The number of ether oxygens (including phenoxy) is 1. The molecule has 0 fully saturated rings. The van der Waals surface area contributed by atoms with Crippen LogP contribution < -0.4 is 14.8 Å². The molecule has 28 heavy (non-hydrogen) atoms. The lowest BCUT2D eigenvalue weighted by Crippen LogP contribution is -2.31. The van der Waals surface area contributed by atoms with Crippen LogP contribution in [0.25, 0.3) is 0 Å². The Balaban J connectivity index is 1.99. The molecule has 0 unspecified atom stereocenters. The van der Waals surface area contributed by atoms with Crippen molar-refractivity contribution in [2.75, 3.05) is 7.11 Å². The molecule has 0 aliphatic carbocycles. The molecule has 152 valence electrons. The van der Waals surface area contributed by atoms with Crippen molar-refractivity contribution in [3.05, 3.63) is 63.1 Å². The fourth-order valence-corrected chi connectivity index (χ4v) is 4.62. The number of halogens is 2. The molecule has 0 aliphatic rings. The molecule has 2 N–H and O–H groups in total. The van der Waals surface area contributed by atoms with Crippen LogP contribution >= 0.6 is 23.2 Å². The van der Waals surface area contributed by atoms with E-state index in [4.69, 9.17) is 27.9 Å². The molecule has 9 heteroatoms. The molecule has 0 aliphatic heterocycles. The van der Waals surface area contributed by atoms with Gasteiger partial charge in [0.2, 0.25) is 10.0 Å². The molecule has 0 bridgehead atoms. The maximum Gasteiger partial charge on any atom is 0.251 e. The Kier molecular flexibility index (Phi) is 7.71. The molecule has 1 amide bonds. The van der Waals surface area contributed by atoms with Gasteiger partial charge in [0.25, 0.3) is 5.91 Å². The summed E-state index contributed by atoms with van der Waals surface area (Å²) in [6.45, 7) is 3.82. The molecular weight excluding hydrogens is 423 g/mol. The van der Waals surface area contributed by atoms with Crippen LogP contribution in [0.15, 0.2) is 36.4 Å². The number of hydrogen-bond acceptors (Lipinski definition) is 4. The number of rotatable bonds is 8. The number of amides is 1. The minimum atomic E-state index is -3.38. The number of benzene rings is 2. The Morgan fingerprint density at radius 2 is 1.61 bits per heavy atom. The van der Waals surface area contributed by atoms with E-state index in [0.29, 0.717) is 16.9 Å². The first-order chi connectivity index (χ1) is 13.1. The highest BCUT2D eigenvalue weighted by molar-refractivity contribution is 7.88. The number of carbonyl (C=O) groups excluding carboxylic acids is 1. The summed E-state index contributed by atoms with van der Waals surface area (Å²) >= 11 is 12.1. The Morgan fingerprint density at radius 1 is 1.07 bits per heavy atom. The maximum absolute atomic E-state index is 12.3. The summed E-state index contributed by atoms with van der Waals surface area (Å²) in [7, 11) is -1.93. The number of nitrogens with one attached hydrogen (secondary N) is 2. The van der Waals surface area contributed by atoms with Crippen molar-refractivity contribution in [3.63, 3.8) is 0 Å². The van der Waals surface area contributed by atoms with Crippen molar-refractivity contribution in [2.24, 2.45) is 0 Å². The minimum absolute atomic E-state index is 0.0966. The van der Waals surface area contributed by atoms with Gasteiger partial charge in [0.05, 0.1) is 22.9 Å². The zero-order valence-corrected chi connectivity index (χ0v) is 18.1. The summed E-state index contributed by atoms with van der Waals surface area (Å²) in [5, 5.41) is 3.27. The molecule has 0 spiro atoms. The van der Waals surface area contributed by atoms with Gasteiger partial charge < -0.3 is 10.1 Å². The smallest absolute Gasteiger partial charge is 0.251 e. The third kappa shape index (κ3) is 6.38. The number of methoxy groups -OCH3 is 1. The highest BCUT2D eigenvalue weighted by Gasteiger charge is 2.14. The van der Waals surface area contributed by atoms with Crippen LogP contribution in [0.2, 0.25) is 10.0 Å². The van der Waals surface area contributed by atoms with E-state index >= 15 is 0 Å². The Morgan fingerprint density at radius 3 is 2.11 bits per heavy atom. The van der Waals surface area contributed by atoms with Crippen LogP contribution in [0.1, 0.15) is 35.3 Å². The van der Waals surface area contributed by atoms with E-state index in [1.54, 1.807) is 38.1 Å². The van der Waals surface area contributed by atoms with Crippen LogP contribution in [0.5, 0.6) is 5.75 Å². The van der Waals surface area contributed by atoms with Gasteiger partial charge in [-0.05, 0) is 37.1 Å². The van der Waals surface area contributed by atoms with Gasteiger partial charge >= 0.3 is 0 Å². The SMILES string of the molecule is COc1c(Cl)cc(C(=O)NCc2ccc(CS(=O)(=O)NC(C)C)cc2)cc1Cl. The first-order valence-corrected chi connectivity index (χ1v) is 10.9. The lowest BCUT2D eigenvalue weighted by Gasteiger charge is -2.11. The van der Waals surface area contributed by atoms with Gasteiger partial charge in [-0.3, -0.25) is 4.79 Å². The zero-order chi connectivity index (χ0) is 20.9. The first kappa shape index (κ1) is 22.5. The van der Waals surface area contributed by atoms with Crippen LogP contribution in [0, 0.1) is 0 Å². The third-order valence-corrected chi connectivity index (χ3v) is 5.82. The predicted octanol–water partition coefficient (Wildman–Crippen LogP) is 3.76. The lowest BCUT2D eigenvalue weighted by molar-refractivity contribution is 0.0951. The molecule has 6 nitrogen and oxygen atoms in total. The molecule has 0 saturated carbocycles. The standard InChI is InChI=1S/C19H22Cl2N2O4S/c1-12(2)23-28(25,26)11-14-6-4-13(5-7-14)10-22-19(24)15-8-16(20)18(27-3)17(21)9-15/h4-9,12,23H,10-11H2,1-3H3,(H,22,24). The van der Waals surface area contributed by atoms with Gasteiger partial charge in [-0.1, -0.05) is 47.5 Å². The molecule has 0 radical (unpaired) electrons. The summed E-state index contributed by atoms with van der Waals surface area (Å²) < 4.78 is 31.5. The van der Waals surface area contributed by atoms with Crippen LogP contribution in [0.4, 0.5) is 0 Å².